The van der Waals surface area contributed by atoms with E-state index in [1.54, 1.807) is 6.20 Å². The summed E-state index contributed by atoms with van der Waals surface area (Å²) in [6.07, 6.45) is 2.07. The van der Waals surface area contributed by atoms with Gasteiger partial charge in [-0.05, 0) is 56.2 Å². The molecule has 2 aromatic carbocycles. The van der Waals surface area contributed by atoms with Gasteiger partial charge in [0.2, 0.25) is 5.91 Å². The zero-order valence-electron chi connectivity index (χ0n) is 16.4. The predicted octanol–water partition coefficient (Wildman–Crippen LogP) is 5.10. The number of rotatable bonds is 7. The first-order valence-electron chi connectivity index (χ1n) is 9.34. The van der Waals surface area contributed by atoms with Gasteiger partial charge in [-0.25, -0.2) is 4.98 Å². The third-order valence-corrected chi connectivity index (χ3v) is 4.17. The summed E-state index contributed by atoms with van der Waals surface area (Å²) in [5, 5.41) is 6.15. The molecule has 0 atom stereocenters. The number of benzene rings is 2. The number of ether oxygens (including phenoxy) is 1. The summed E-state index contributed by atoms with van der Waals surface area (Å²) in [7, 11) is 0. The predicted molar refractivity (Wildman–Crippen MR) is 113 cm³/mol. The van der Waals surface area contributed by atoms with Crippen LogP contribution < -0.4 is 15.4 Å². The maximum Gasteiger partial charge on any atom is 0.228 e. The molecule has 3 aromatic rings. The van der Waals surface area contributed by atoms with Crippen LogP contribution >= 0.6 is 0 Å². The fourth-order valence-corrected chi connectivity index (χ4v) is 2.79. The second kappa shape index (κ2) is 9.04. The first kappa shape index (κ1) is 19.4. The van der Waals surface area contributed by atoms with Crippen LogP contribution in [0.3, 0.4) is 0 Å². The third kappa shape index (κ3) is 5.33. The molecule has 1 aromatic heterocycles. The molecule has 2 N–H and O–H groups in total. The van der Waals surface area contributed by atoms with Crippen molar-refractivity contribution in [2.24, 2.45) is 0 Å². The van der Waals surface area contributed by atoms with Crippen molar-refractivity contribution in [3.63, 3.8) is 0 Å². The SMILES string of the molecule is Cc1ccccc1CC(=O)Nc1ccc(Nc2ccccc2OC(C)C)nc1. The van der Waals surface area contributed by atoms with Gasteiger partial charge in [0.1, 0.15) is 11.6 Å². The zero-order valence-corrected chi connectivity index (χ0v) is 16.4. The number of para-hydroxylation sites is 2. The summed E-state index contributed by atoms with van der Waals surface area (Å²) in [4.78, 5) is 16.7. The largest absolute Gasteiger partial charge is 0.489 e. The lowest BCUT2D eigenvalue weighted by molar-refractivity contribution is -0.115. The van der Waals surface area contributed by atoms with Crippen LogP contribution in [0.5, 0.6) is 5.75 Å². The number of nitrogens with zero attached hydrogens (tertiary/aromatic N) is 1. The Balaban J connectivity index is 1.63. The summed E-state index contributed by atoms with van der Waals surface area (Å²) >= 11 is 0. The number of carbonyl (C=O) groups excluding carboxylic acids is 1. The van der Waals surface area contributed by atoms with E-state index >= 15 is 0 Å². The average molecular weight is 375 g/mol. The third-order valence-electron chi connectivity index (χ3n) is 4.17. The molecule has 144 valence electrons. The van der Waals surface area contributed by atoms with E-state index in [9.17, 15) is 4.79 Å². The highest BCUT2D eigenvalue weighted by molar-refractivity contribution is 5.92. The fourth-order valence-electron chi connectivity index (χ4n) is 2.79. The van der Waals surface area contributed by atoms with Crippen LogP contribution in [-0.2, 0) is 11.2 Å². The molecule has 5 heteroatoms. The monoisotopic (exact) mass is 375 g/mol. The highest BCUT2D eigenvalue weighted by atomic mass is 16.5. The van der Waals surface area contributed by atoms with E-state index < -0.39 is 0 Å². The first-order valence-corrected chi connectivity index (χ1v) is 9.34. The molecule has 0 fully saturated rings. The molecule has 28 heavy (non-hydrogen) atoms. The van der Waals surface area contributed by atoms with E-state index in [0.717, 1.165) is 22.6 Å². The Morgan fingerprint density at radius 1 is 1.04 bits per heavy atom. The van der Waals surface area contributed by atoms with Crippen molar-refractivity contribution in [1.29, 1.82) is 0 Å². The van der Waals surface area contributed by atoms with Gasteiger partial charge in [0.05, 0.1) is 30.1 Å². The number of amides is 1. The average Bonchev–Trinajstić information content (AvgIpc) is 2.66. The van der Waals surface area contributed by atoms with Crippen molar-refractivity contribution in [3.05, 3.63) is 78.0 Å². The lowest BCUT2D eigenvalue weighted by atomic mass is 10.1. The van der Waals surface area contributed by atoms with Crippen LogP contribution in [0.15, 0.2) is 66.9 Å². The number of aromatic nitrogens is 1. The van der Waals surface area contributed by atoms with Gasteiger partial charge in [-0.2, -0.15) is 0 Å². The van der Waals surface area contributed by atoms with Gasteiger partial charge >= 0.3 is 0 Å². The number of pyridine rings is 1. The standard InChI is InChI=1S/C23H25N3O2/c1-16(2)28-21-11-7-6-10-20(21)26-22-13-12-19(15-24-22)25-23(27)14-18-9-5-4-8-17(18)3/h4-13,15-16H,14H2,1-3H3,(H,24,26)(H,25,27). The molecule has 5 nitrogen and oxygen atoms in total. The summed E-state index contributed by atoms with van der Waals surface area (Å²) in [6, 6.07) is 19.3. The molecule has 0 radical (unpaired) electrons. The van der Waals surface area contributed by atoms with Crippen molar-refractivity contribution < 1.29 is 9.53 Å². The van der Waals surface area contributed by atoms with Gasteiger partial charge in [0.15, 0.2) is 0 Å². The molecule has 0 bridgehead atoms. The van der Waals surface area contributed by atoms with Crippen molar-refractivity contribution >= 4 is 23.1 Å². The second-order valence-electron chi connectivity index (χ2n) is 6.87. The Kier molecular flexibility index (Phi) is 6.27. The van der Waals surface area contributed by atoms with Crippen LogP contribution in [0.25, 0.3) is 0 Å². The van der Waals surface area contributed by atoms with Crippen molar-refractivity contribution in [2.45, 2.75) is 33.3 Å². The van der Waals surface area contributed by atoms with Gasteiger partial charge in [-0.3, -0.25) is 4.79 Å². The van der Waals surface area contributed by atoms with Gasteiger partial charge in [0.25, 0.3) is 0 Å². The molecule has 1 amide bonds. The van der Waals surface area contributed by atoms with Crippen LogP contribution in [0.4, 0.5) is 17.2 Å². The van der Waals surface area contributed by atoms with Gasteiger partial charge < -0.3 is 15.4 Å². The topological polar surface area (TPSA) is 63.2 Å². The summed E-state index contributed by atoms with van der Waals surface area (Å²) in [6.45, 7) is 5.98. The number of carbonyl (C=O) groups is 1. The van der Waals surface area contributed by atoms with Crippen LogP contribution in [0.1, 0.15) is 25.0 Å². The summed E-state index contributed by atoms with van der Waals surface area (Å²) in [5.41, 5.74) is 3.64. The number of anilines is 3. The molecule has 0 spiro atoms. The first-order chi connectivity index (χ1) is 13.5. The molecular weight excluding hydrogens is 350 g/mol. The van der Waals surface area contributed by atoms with E-state index in [0.29, 0.717) is 17.9 Å². The van der Waals surface area contributed by atoms with Gasteiger partial charge in [-0.1, -0.05) is 36.4 Å². The smallest absolute Gasteiger partial charge is 0.228 e. The Morgan fingerprint density at radius 2 is 1.79 bits per heavy atom. The number of aryl methyl sites for hydroxylation is 1. The Labute approximate surface area is 165 Å². The molecule has 0 saturated heterocycles. The number of nitrogens with one attached hydrogen (secondary N) is 2. The van der Waals surface area contributed by atoms with E-state index in [2.05, 4.69) is 15.6 Å². The molecule has 1 heterocycles. The van der Waals surface area contributed by atoms with Crippen LogP contribution in [0.2, 0.25) is 0 Å². The lowest BCUT2D eigenvalue weighted by Crippen LogP contribution is -2.15. The lowest BCUT2D eigenvalue weighted by Gasteiger charge is -2.15. The molecule has 0 unspecified atom stereocenters. The van der Waals surface area contributed by atoms with E-state index in [-0.39, 0.29) is 12.0 Å². The van der Waals surface area contributed by atoms with E-state index in [1.807, 2.05) is 81.4 Å². The molecular formula is C23H25N3O2. The zero-order chi connectivity index (χ0) is 19.9. The van der Waals surface area contributed by atoms with Crippen LogP contribution in [0, 0.1) is 6.92 Å². The highest BCUT2D eigenvalue weighted by Crippen LogP contribution is 2.27. The Hall–Kier alpha value is -3.34. The minimum absolute atomic E-state index is 0.0625. The van der Waals surface area contributed by atoms with Crippen molar-refractivity contribution in [2.75, 3.05) is 10.6 Å². The number of hydrogen-bond acceptors (Lipinski definition) is 4. The molecule has 3 rings (SSSR count). The molecule has 0 aliphatic heterocycles. The second-order valence-corrected chi connectivity index (χ2v) is 6.87. The quantitative estimate of drug-likeness (QED) is 0.603. The van der Waals surface area contributed by atoms with Crippen molar-refractivity contribution in [3.8, 4) is 5.75 Å². The fraction of sp³-hybridized carbons (Fsp3) is 0.217. The summed E-state index contributed by atoms with van der Waals surface area (Å²) in [5.74, 6) is 1.39. The van der Waals surface area contributed by atoms with E-state index in [1.165, 1.54) is 0 Å². The summed E-state index contributed by atoms with van der Waals surface area (Å²) < 4.78 is 5.81. The Bertz CT molecular complexity index is 937. The van der Waals surface area contributed by atoms with Gasteiger partial charge in [0, 0.05) is 0 Å². The maximum absolute atomic E-state index is 12.3. The molecule has 0 saturated carbocycles. The maximum atomic E-state index is 12.3. The minimum atomic E-state index is -0.0625. The number of hydrogen-bond donors (Lipinski definition) is 2. The Morgan fingerprint density at radius 3 is 2.50 bits per heavy atom. The van der Waals surface area contributed by atoms with Gasteiger partial charge in [-0.15, -0.1) is 0 Å². The molecule has 0 aliphatic rings. The molecule has 0 aliphatic carbocycles. The van der Waals surface area contributed by atoms with Crippen molar-refractivity contribution in [1.82, 2.24) is 4.98 Å². The highest BCUT2D eigenvalue weighted by Gasteiger charge is 2.08. The normalized spacial score (nSPS) is 10.6. The van der Waals surface area contributed by atoms with Crippen LogP contribution in [-0.4, -0.2) is 17.0 Å². The van der Waals surface area contributed by atoms with E-state index in [4.69, 9.17) is 4.74 Å². The minimum Gasteiger partial charge on any atom is -0.489 e.